The van der Waals surface area contributed by atoms with Crippen molar-refractivity contribution in [3.05, 3.63) is 76.3 Å². The minimum Gasteiger partial charge on any atom is -0.360 e. The van der Waals surface area contributed by atoms with Crippen molar-refractivity contribution < 1.29 is 4.92 Å². The Morgan fingerprint density at radius 3 is 2.30 bits per heavy atom. The van der Waals surface area contributed by atoms with Crippen LogP contribution in [0.25, 0.3) is 11.3 Å². The molecule has 0 atom stereocenters. The van der Waals surface area contributed by atoms with Gasteiger partial charge >= 0.3 is 5.69 Å². The lowest BCUT2D eigenvalue weighted by Crippen LogP contribution is -2.06. The summed E-state index contributed by atoms with van der Waals surface area (Å²) < 4.78 is 1.52. The van der Waals surface area contributed by atoms with E-state index in [9.17, 15) is 10.1 Å². The normalized spacial score (nSPS) is 10.5. The van der Waals surface area contributed by atoms with E-state index in [1.807, 2.05) is 60.7 Å². The van der Waals surface area contributed by atoms with Crippen LogP contribution in [-0.4, -0.2) is 14.7 Å². The summed E-state index contributed by atoms with van der Waals surface area (Å²) in [5.74, 6) is 0.401. The van der Waals surface area contributed by atoms with Crippen molar-refractivity contribution in [3.63, 3.8) is 0 Å². The van der Waals surface area contributed by atoms with Gasteiger partial charge in [0.15, 0.2) is 5.69 Å². The Bertz CT molecular complexity index is 813. The van der Waals surface area contributed by atoms with Crippen LogP contribution in [0.3, 0.4) is 0 Å². The molecule has 1 heterocycles. The molecule has 0 fully saturated rings. The van der Waals surface area contributed by atoms with Crippen molar-refractivity contribution in [2.24, 2.45) is 7.05 Å². The van der Waals surface area contributed by atoms with Crippen molar-refractivity contribution in [1.29, 1.82) is 0 Å². The highest BCUT2D eigenvalue weighted by Gasteiger charge is 2.27. The summed E-state index contributed by atoms with van der Waals surface area (Å²) in [5, 5.41) is 19.0. The molecule has 116 valence electrons. The number of nitro groups is 1. The first kappa shape index (κ1) is 14.8. The Hall–Kier alpha value is -3.15. The lowest BCUT2D eigenvalue weighted by molar-refractivity contribution is -0.383. The molecule has 0 spiro atoms. The zero-order valence-corrected chi connectivity index (χ0v) is 12.6. The molecule has 0 amide bonds. The number of aryl methyl sites for hydroxylation is 1. The summed E-state index contributed by atoms with van der Waals surface area (Å²) in [6.45, 7) is 0.495. The van der Waals surface area contributed by atoms with E-state index in [2.05, 4.69) is 10.4 Å². The van der Waals surface area contributed by atoms with Crippen LogP contribution < -0.4 is 5.32 Å². The van der Waals surface area contributed by atoms with Crippen molar-refractivity contribution in [2.75, 3.05) is 5.32 Å². The van der Waals surface area contributed by atoms with Gasteiger partial charge < -0.3 is 5.32 Å². The van der Waals surface area contributed by atoms with Crippen molar-refractivity contribution >= 4 is 11.5 Å². The smallest absolute Gasteiger partial charge is 0.338 e. The predicted octanol–water partition coefficient (Wildman–Crippen LogP) is 3.61. The van der Waals surface area contributed by atoms with Gasteiger partial charge in [0.2, 0.25) is 5.82 Å². The van der Waals surface area contributed by atoms with Crippen LogP contribution in [0.15, 0.2) is 60.7 Å². The molecular weight excluding hydrogens is 292 g/mol. The molecule has 0 aliphatic rings. The molecule has 0 aliphatic carbocycles. The fourth-order valence-corrected chi connectivity index (χ4v) is 2.46. The van der Waals surface area contributed by atoms with Crippen LogP contribution >= 0.6 is 0 Å². The lowest BCUT2D eigenvalue weighted by Gasteiger charge is -2.06. The first-order chi connectivity index (χ1) is 11.2. The van der Waals surface area contributed by atoms with Crippen LogP contribution in [0, 0.1) is 10.1 Å². The Morgan fingerprint density at radius 1 is 1.09 bits per heavy atom. The summed E-state index contributed by atoms with van der Waals surface area (Å²) in [6.07, 6.45) is 0. The third-order valence-corrected chi connectivity index (χ3v) is 3.55. The van der Waals surface area contributed by atoms with Crippen LogP contribution in [0.2, 0.25) is 0 Å². The van der Waals surface area contributed by atoms with E-state index in [0.29, 0.717) is 18.1 Å². The molecule has 0 unspecified atom stereocenters. The molecule has 1 aromatic heterocycles. The molecule has 3 rings (SSSR count). The molecule has 0 saturated carbocycles. The second-order valence-corrected chi connectivity index (χ2v) is 5.13. The summed E-state index contributed by atoms with van der Waals surface area (Å²) in [7, 11) is 1.70. The van der Waals surface area contributed by atoms with Crippen LogP contribution in [-0.2, 0) is 13.6 Å². The second-order valence-electron chi connectivity index (χ2n) is 5.13. The third-order valence-electron chi connectivity index (χ3n) is 3.55. The van der Waals surface area contributed by atoms with Gasteiger partial charge in [-0.3, -0.25) is 10.1 Å². The molecule has 2 aromatic carbocycles. The van der Waals surface area contributed by atoms with E-state index < -0.39 is 0 Å². The highest BCUT2D eigenvalue weighted by Crippen LogP contribution is 2.35. The van der Waals surface area contributed by atoms with E-state index in [1.54, 1.807) is 7.05 Å². The van der Waals surface area contributed by atoms with E-state index in [-0.39, 0.29) is 10.6 Å². The standard InChI is InChI=1S/C17H16N4O2/c1-20-17(18-12-13-8-4-2-5-9-13)16(21(22)23)15(19-20)14-10-6-3-7-11-14/h2-11,18H,12H2,1H3. The summed E-state index contributed by atoms with van der Waals surface area (Å²) in [4.78, 5) is 11.2. The van der Waals surface area contributed by atoms with Crippen LogP contribution in [0.1, 0.15) is 5.56 Å². The van der Waals surface area contributed by atoms with Gasteiger partial charge in [-0.05, 0) is 5.56 Å². The number of nitrogens with zero attached hydrogens (tertiary/aromatic N) is 3. The molecule has 0 bridgehead atoms. The third kappa shape index (κ3) is 3.06. The molecule has 0 radical (unpaired) electrons. The van der Waals surface area contributed by atoms with Gasteiger partial charge in [0.05, 0.1) is 4.92 Å². The fraction of sp³-hybridized carbons (Fsp3) is 0.118. The SMILES string of the molecule is Cn1nc(-c2ccccc2)c([N+](=O)[O-])c1NCc1ccccc1. The summed E-state index contributed by atoms with van der Waals surface area (Å²) >= 11 is 0. The Balaban J connectivity index is 1.97. The average Bonchev–Trinajstić information content (AvgIpc) is 2.91. The molecule has 1 N–H and O–H groups in total. The molecular formula is C17H16N4O2. The van der Waals surface area contributed by atoms with Crippen molar-refractivity contribution in [1.82, 2.24) is 9.78 Å². The maximum absolute atomic E-state index is 11.6. The maximum Gasteiger partial charge on any atom is 0.338 e. The minimum atomic E-state index is -0.386. The van der Waals surface area contributed by atoms with Crippen LogP contribution in [0.5, 0.6) is 0 Å². The van der Waals surface area contributed by atoms with Gasteiger partial charge in [-0.15, -0.1) is 0 Å². The second kappa shape index (κ2) is 6.31. The van der Waals surface area contributed by atoms with Gasteiger partial charge in [0.25, 0.3) is 0 Å². The molecule has 6 nitrogen and oxygen atoms in total. The zero-order valence-electron chi connectivity index (χ0n) is 12.6. The van der Waals surface area contributed by atoms with E-state index >= 15 is 0 Å². The van der Waals surface area contributed by atoms with Gasteiger partial charge in [-0.1, -0.05) is 60.7 Å². The van der Waals surface area contributed by atoms with Gasteiger partial charge in [0.1, 0.15) is 0 Å². The fourth-order valence-electron chi connectivity index (χ4n) is 2.46. The number of rotatable bonds is 5. The first-order valence-corrected chi connectivity index (χ1v) is 7.21. The van der Waals surface area contributed by atoms with E-state index in [4.69, 9.17) is 0 Å². The molecule has 6 heteroatoms. The highest BCUT2D eigenvalue weighted by atomic mass is 16.6. The topological polar surface area (TPSA) is 73.0 Å². The molecule has 0 saturated heterocycles. The van der Waals surface area contributed by atoms with Crippen LogP contribution in [0.4, 0.5) is 11.5 Å². The summed E-state index contributed by atoms with van der Waals surface area (Å²) in [6, 6.07) is 18.9. The minimum absolute atomic E-state index is 0.00497. The number of nitrogens with one attached hydrogen (secondary N) is 1. The Kier molecular flexibility index (Phi) is 4.05. The number of hydrogen-bond acceptors (Lipinski definition) is 4. The lowest BCUT2D eigenvalue weighted by atomic mass is 10.1. The summed E-state index contributed by atoms with van der Waals surface area (Å²) in [5.41, 5.74) is 2.13. The number of hydrogen-bond donors (Lipinski definition) is 1. The number of anilines is 1. The highest BCUT2D eigenvalue weighted by molar-refractivity contribution is 5.77. The van der Waals surface area contributed by atoms with Gasteiger partial charge in [0, 0.05) is 19.2 Å². The predicted molar refractivity (Wildman–Crippen MR) is 89.1 cm³/mol. The maximum atomic E-state index is 11.6. The van der Waals surface area contributed by atoms with Crippen molar-refractivity contribution in [2.45, 2.75) is 6.54 Å². The molecule has 0 aliphatic heterocycles. The Labute approximate surface area is 133 Å². The first-order valence-electron chi connectivity index (χ1n) is 7.21. The van der Waals surface area contributed by atoms with E-state index in [1.165, 1.54) is 4.68 Å². The quantitative estimate of drug-likeness (QED) is 0.577. The molecule has 23 heavy (non-hydrogen) atoms. The zero-order chi connectivity index (χ0) is 16.2. The van der Waals surface area contributed by atoms with Gasteiger partial charge in [-0.2, -0.15) is 5.10 Å². The average molecular weight is 308 g/mol. The van der Waals surface area contributed by atoms with E-state index in [0.717, 1.165) is 11.1 Å². The van der Waals surface area contributed by atoms with Gasteiger partial charge in [-0.25, -0.2) is 4.68 Å². The number of benzene rings is 2. The number of aromatic nitrogens is 2. The Morgan fingerprint density at radius 2 is 1.70 bits per heavy atom. The largest absolute Gasteiger partial charge is 0.360 e. The monoisotopic (exact) mass is 308 g/mol. The molecule has 3 aromatic rings. The van der Waals surface area contributed by atoms with Crippen molar-refractivity contribution in [3.8, 4) is 11.3 Å².